The van der Waals surface area contributed by atoms with E-state index in [1.165, 1.54) is 0 Å². The van der Waals surface area contributed by atoms with Crippen molar-refractivity contribution in [3.63, 3.8) is 0 Å². The molecule has 1 aromatic rings. The first-order valence-corrected chi connectivity index (χ1v) is 5.41. The van der Waals surface area contributed by atoms with E-state index in [-0.39, 0.29) is 5.54 Å². The fourth-order valence-electron chi connectivity index (χ4n) is 1.06. The number of halogens is 1. The summed E-state index contributed by atoms with van der Waals surface area (Å²) in [5.41, 5.74) is 6.86. The van der Waals surface area contributed by atoms with Gasteiger partial charge in [0.1, 0.15) is 0 Å². The van der Waals surface area contributed by atoms with Gasteiger partial charge in [-0.3, -0.25) is 4.98 Å². The molecule has 1 heterocycles. The summed E-state index contributed by atoms with van der Waals surface area (Å²) in [7, 11) is 0. The zero-order valence-corrected chi connectivity index (χ0v) is 9.63. The van der Waals surface area contributed by atoms with Crippen molar-refractivity contribution < 1.29 is 0 Å². The first kappa shape index (κ1) is 10.7. The van der Waals surface area contributed by atoms with E-state index < -0.39 is 0 Å². The predicted molar refractivity (Wildman–Crippen MR) is 58.4 cm³/mol. The van der Waals surface area contributed by atoms with Gasteiger partial charge in [-0.1, -0.05) is 13.8 Å². The smallest absolute Gasteiger partial charge is 0.0603 e. The summed E-state index contributed by atoms with van der Waals surface area (Å²) in [6, 6.07) is 3.96. The summed E-state index contributed by atoms with van der Waals surface area (Å²) >= 11 is 3.33. The predicted octanol–water partition coefficient (Wildman–Crippen LogP) is 2.82. The molecule has 1 fully saturated rings. The number of aromatic nitrogens is 1. The van der Waals surface area contributed by atoms with Crippen molar-refractivity contribution in [2.45, 2.75) is 32.2 Å². The third-order valence-electron chi connectivity index (χ3n) is 2.03. The van der Waals surface area contributed by atoms with Gasteiger partial charge in [-0.2, -0.15) is 0 Å². The molecule has 1 saturated carbocycles. The zero-order chi connectivity index (χ0) is 9.90. The van der Waals surface area contributed by atoms with E-state index in [4.69, 9.17) is 5.73 Å². The van der Waals surface area contributed by atoms with E-state index >= 15 is 0 Å². The molecule has 72 valence electrons. The fourth-order valence-corrected chi connectivity index (χ4v) is 1.30. The molecule has 0 bridgehead atoms. The van der Waals surface area contributed by atoms with Crippen LogP contribution in [0.25, 0.3) is 0 Å². The molecule has 0 aromatic carbocycles. The highest BCUT2D eigenvalue weighted by atomic mass is 79.9. The van der Waals surface area contributed by atoms with Crippen LogP contribution >= 0.6 is 15.9 Å². The Bertz CT molecular complexity index is 265. The van der Waals surface area contributed by atoms with Crippen molar-refractivity contribution in [1.29, 1.82) is 0 Å². The monoisotopic (exact) mass is 242 g/mol. The SMILES string of the molecule is CC.NC1(c2ccc(Br)cn2)CC1. The van der Waals surface area contributed by atoms with Gasteiger partial charge in [0.25, 0.3) is 0 Å². The largest absolute Gasteiger partial charge is 0.320 e. The van der Waals surface area contributed by atoms with E-state index in [1.54, 1.807) is 6.20 Å². The minimum Gasteiger partial charge on any atom is -0.320 e. The van der Waals surface area contributed by atoms with Crippen molar-refractivity contribution in [2.24, 2.45) is 5.73 Å². The number of hydrogen-bond acceptors (Lipinski definition) is 2. The summed E-state index contributed by atoms with van der Waals surface area (Å²) in [5, 5.41) is 0. The van der Waals surface area contributed by atoms with Crippen LogP contribution in [0.5, 0.6) is 0 Å². The standard InChI is InChI=1S/C8H9BrN2.C2H6/c9-6-1-2-7(11-5-6)8(10)3-4-8;1-2/h1-2,5H,3-4,10H2;1-2H3. The molecule has 0 unspecified atom stereocenters. The maximum Gasteiger partial charge on any atom is 0.0603 e. The van der Waals surface area contributed by atoms with E-state index in [1.807, 2.05) is 26.0 Å². The lowest BCUT2D eigenvalue weighted by Gasteiger charge is -2.06. The van der Waals surface area contributed by atoms with Crippen LogP contribution in [0.4, 0.5) is 0 Å². The second kappa shape index (κ2) is 4.20. The summed E-state index contributed by atoms with van der Waals surface area (Å²) in [6.07, 6.45) is 3.94. The van der Waals surface area contributed by atoms with E-state index in [2.05, 4.69) is 20.9 Å². The number of pyridine rings is 1. The molecule has 2 nitrogen and oxygen atoms in total. The number of nitrogens with two attached hydrogens (primary N) is 1. The third kappa shape index (κ3) is 2.51. The minimum atomic E-state index is -0.0965. The molecule has 3 heteroatoms. The van der Waals surface area contributed by atoms with Crippen LogP contribution in [-0.2, 0) is 5.54 Å². The Morgan fingerprint density at radius 2 is 2.00 bits per heavy atom. The van der Waals surface area contributed by atoms with Crippen molar-refractivity contribution in [3.8, 4) is 0 Å². The molecule has 1 aromatic heterocycles. The van der Waals surface area contributed by atoms with Crippen LogP contribution in [0.1, 0.15) is 32.4 Å². The third-order valence-corrected chi connectivity index (χ3v) is 2.50. The Labute approximate surface area is 87.7 Å². The van der Waals surface area contributed by atoms with Gasteiger partial charge in [-0.15, -0.1) is 0 Å². The van der Waals surface area contributed by atoms with E-state index in [0.29, 0.717) is 0 Å². The van der Waals surface area contributed by atoms with Crippen molar-refractivity contribution in [2.75, 3.05) is 0 Å². The van der Waals surface area contributed by atoms with Crippen molar-refractivity contribution in [3.05, 3.63) is 28.5 Å². The van der Waals surface area contributed by atoms with Gasteiger partial charge in [0, 0.05) is 10.7 Å². The summed E-state index contributed by atoms with van der Waals surface area (Å²) < 4.78 is 1.01. The number of hydrogen-bond donors (Lipinski definition) is 1. The molecular weight excluding hydrogens is 228 g/mol. The Kier molecular flexibility index (Phi) is 3.45. The molecule has 0 amide bonds. The second-order valence-electron chi connectivity index (χ2n) is 3.02. The van der Waals surface area contributed by atoms with E-state index in [9.17, 15) is 0 Å². The van der Waals surface area contributed by atoms with Crippen molar-refractivity contribution >= 4 is 15.9 Å². The average molecular weight is 243 g/mol. The van der Waals surface area contributed by atoms with Crippen LogP contribution in [0.3, 0.4) is 0 Å². The normalized spacial score (nSPS) is 17.2. The number of nitrogens with zero attached hydrogens (tertiary/aromatic N) is 1. The molecule has 2 N–H and O–H groups in total. The van der Waals surface area contributed by atoms with Gasteiger partial charge in [0.05, 0.1) is 11.2 Å². The maximum absolute atomic E-state index is 5.94. The van der Waals surface area contributed by atoms with Crippen LogP contribution in [0.15, 0.2) is 22.8 Å². The minimum absolute atomic E-state index is 0.0965. The highest BCUT2D eigenvalue weighted by Crippen LogP contribution is 2.41. The van der Waals surface area contributed by atoms with Crippen LogP contribution < -0.4 is 5.73 Å². The first-order chi connectivity index (χ1) is 6.21. The number of rotatable bonds is 1. The molecule has 1 aliphatic rings. The zero-order valence-electron chi connectivity index (χ0n) is 8.05. The highest BCUT2D eigenvalue weighted by molar-refractivity contribution is 9.10. The molecular formula is C10H15BrN2. The summed E-state index contributed by atoms with van der Waals surface area (Å²) in [5.74, 6) is 0. The summed E-state index contributed by atoms with van der Waals surface area (Å²) in [6.45, 7) is 4.00. The molecule has 1 aliphatic carbocycles. The fraction of sp³-hybridized carbons (Fsp3) is 0.500. The quantitative estimate of drug-likeness (QED) is 0.823. The summed E-state index contributed by atoms with van der Waals surface area (Å²) in [4.78, 5) is 4.24. The van der Waals surface area contributed by atoms with Crippen LogP contribution in [-0.4, -0.2) is 4.98 Å². The molecule has 2 rings (SSSR count). The van der Waals surface area contributed by atoms with Crippen LogP contribution in [0, 0.1) is 0 Å². The highest BCUT2D eigenvalue weighted by Gasteiger charge is 2.41. The molecule has 0 aliphatic heterocycles. The Morgan fingerprint density at radius 3 is 2.38 bits per heavy atom. The van der Waals surface area contributed by atoms with Gasteiger partial charge in [0.2, 0.25) is 0 Å². The lowest BCUT2D eigenvalue weighted by Crippen LogP contribution is -2.19. The van der Waals surface area contributed by atoms with Gasteiger partial charge in [0.15, 0.2) is 0 Å². The first-order valence-electron chi connectivity index (χ1n) is 4.62. The van der Waals surface area contributed by atoms with Gasteiger partial charge >= 0.3 is 0 Å². The lowest BCUT2D eigenvalue weighted by atomic mass is 10.2. The van der Waals surface area contributed by atoms with Crippen molar-refractivity contribution in [1.82, 2.24) is 4.98 Å². The topological polar surface area (TPSA) is 38.9 Å². The molecule has 0 atom stereocenters. The maximum atomic E-state index is 5.94. The lowest BCUT2D eigenvalue weighted by molar-refractivity contribution is 0.707. The molecule has 13 heavy (non-hydrogen) atoms. The van der Waals surface area contributed by atoms with Gasteiger partial charge in [-0.25, -0.2) is 0 Å². The Hall–Kier alpha value is -0.410. The van der Waals surface area contributed by atoms with Gasteiger partial charge < -0.3 is 5.73 Å². The Morgan fingerprint density at radius 1 is 1.38 bits per heavy atom. The van der Waals surface area contributed by atoms with Gasteiger partial charge in [-0.05, 0) is 40.9 Å². The molecule has 0 radical (unpaired) electrons. The van der Waals surface area contributed by atoms with E-state index in [0.717, 1.165) is 23.0 Å². The molecule has 0 saturated heterocycles. The molecule has 0 spiro atoms. The Balaban J connectivity index is 0.000000396. The average Bonchev–Trinajstić information content (AvgIpc) is 2.89. The van der Waals surface area contributed by atoms with Crippen LogP contribution in [0.2, 0.25) is 0 Å². The second-order valence-corrected chi connectivity index (χ2v) is 3.93.